The Morgan fingerprint density at radius 1 is 1.20 bits per heavy atom. The number of benzene rings is 2. The standard InChI is InChI=1S/C17H13F3N2O2S/c1-10(23)21-12-3-5-13(6-4-12)24-9-16-22-14-8-11(17(18,19)20)2-7-15(14)25-16/h2-8H,9H2,1H3,(H,21,23). The highest BCUT2D eigenvalue weighted by molar-refractivity contribution is 7.18. The van der Waals surface area contributed by atoms with Crippen molar-refractivity contribution in [3.63, 3.8) is 0 Å². The summed E-state index contributed by atoms with van der Waals surface area (Å²) in [6.45, 7) is 1.57. The highest BCUT2D eigenvalue weighted by Crippen LogP contribution is 2.33. The van der Waals surface area contributed by atoms with Crippen LogP contribution in [0.3, 0.4) is 0 Å². The Hall–Kier alpha value is -2.61. The third kappa shape index (κ3) is 4.27. The number of ether oxygens (including phenoxy) is 1. The molecule has 1 amide bonds. The first-order valence-electron chi connectivity index (χ1n) is 7.28. The molecule has 1 N–H and O–H groups in total. The molecule has 0 aliphatic heterocycles. The fourth-order valence-corrected chi connectivity index (χ4v) is 3.06. The van der Waals surface area contributed by atoms with Crippen LogP contribution in [0.5, 0.6) is 5.75 Å². The average Bonchev–Trinajstić information content (AvgIpc) is 2.95. The molecule has 0 unspecified atom stereocenters. The van der Waals surface area contributed by atoms with Crippen molar-refractivity contribution in [1.82, 2.24) is 4.98 Å². The average molecular weight is 366 g/mol. The molecule has 0 saturated heterocycles. The van der Waals surface area contributed by atoms with Crippen LogP contribution in [-0.2, 0) is 17.6 Å². The molecule has 3 aromatic rings. The summed E-state index contributed by atoms with van der Waals surface area (Å²) in [5.41, 5.74) is 0.241. The molecule has 1 heterocycles. The van der Waals surface area contributed by atoms with Crippen LogP contribution in [0.25, 0.3) is 10.2 Å². The van der Waals surface area contributed by atoms with Crippen LogP contribution in [0.15, 0.2) is 42.5 Å². The number of hydrogen-bond acceptors (Lipinski definition) is 4. The van der Waals surface area contributed by atoms with Gasteiger partial charge in [0.1, 0.15) is 17.4 Å². The van der Waals surface area contributed by atoms with Gasteiger partial charge >= 0.3 is 6.18 Å². The number of carbonyl (C=O) groups excluding carboxylic acids is 1. The molecule has 0 aliphatic carbocycles. The van der Waals surface area contributed by atoms with Gasteiger partial charge in [-0.3, -0.25) is 4.79 Å². The summed E-state index contributed by atoms with van der Waals surface area (Å²) in [7, 11) is 0. The molecule has 0 saturated carbocycles. The minimum Gasteiger partial charge on any atom is -0.486 e. The number of halogens is 3. The Labute approximate surface area is 145 Å². The lowest BCUT2D eigenvalue weighted by Crippen LogP contribution is -2.05. The number of alkyl halides is 3. The van der Waals surface area contributed by atoms with Crippen molar-refractivity contribution < 1.29 is 22.7 Å². The van der Waals surface area contributed by atoms with Crippen LogP contribution in [0.1, 0.15) is 17.5 Å². The van der Waals surface area contributed by atoms with E-state index in [1.807, 2.05) is 0 Å². The summed E-state index contributed by atoms with van der Waals surface area (Å²) >= 11 is 1.29. The van der Waals surface area contributed by atoms with Crippen molar-refractivity contribution in [2.24, 2.45) is 0 Å². The number of nitrogens with one attached hydrogen (secondary N) is 1. The SMILES string of the molecule is CC(=O)Nc1ccc(OCc2nc3cc(C(F)(F)F)ccc3s2)cc1. The molecule has 4 nitrogen and oxygen atoms in total. The Bertz CT molecular complexity index is 904. The van der Waals surface area contributed by atoms with Crippen molar-refractivity contribution in [3.05, 3.63) is 53.0 Å². The molecular formula is C17H13F3N2O2S. The molecule has 0 bridgehead atoms. The van der Waals surface area contributed by atoms with Gasteiger partial charge < -0.3 is 10.1 Å². The summed E-state index contributed by atoms with van der Waals surface area (Å²) in [5, 5.41) is 3.23. The van der Waals surface area contributed by atoms with Crippen LogP contribution in [0.2, 0.25) is 0 Å². The molecule has 0 atom stereocenters. The van der Waals surface area contributed by atoms with Crippen molar-refractivity contribution in [1.29, 1.82) is 0 Å². The molecule has 0 fully saturated rings. The Morgan fingerprint density at radius 2 is 1.92 bits per heavy atom. The predicted octanol–water partition coefficient (Wildman–Crippen LogP) is 4.85. The van der Waals surface area contributed by atoms with E-state index < -0.39 is 11.7 Å². The van der Waals surface area contributed by atoms with Crippen LogP contribution < -0.4 is 10.1 Å². The summed E-state index contributed by atoms with van der Waals surface area (Å²) in [4.78, 5) is 15.2. The Kier molecular flexibility index (Phi) is 4.63. The van der Waals surface area contributed by atoms with E-state index in [9.17, 15) is 18.0 Å². The molecule has 0 spiro atoms. The minimum atomic E-state index is -4.38. The van der Waals surface area contributed by atoms with Gasteiger partial charge in [0.05, 0.1) is 15.8 Å². The molecule has 0 aliphatic rings. The molecule has 1 aromatic heterocycles. The number of aromatic nitrogens is 1. The topological polar surface area (TPSA) is 51.2 Å². The zero-order valence-electron chi connectivity index (χ0n) is 13.1. The number of amides is 1. The van der Waals surface area contributed by atoms with E-state index in [2.05, 4.69) is 10.3 Å². The molecule has 2 aromatic carbocycles. The second-order valence-electron chi connectivity index (χ2n) is 5.28. The fraction of sp³-hybridized carbons (Fsp3) is 0.176. The maximum Gasteiger partial charge on any atom is 0.416 e. The number of hydrogen-bond donors (Lipinski definition) is 1. The first-order valence-corrected chi connectivity index (χ1v) is 8.10. The van der Waals surface area contributed by atoms with E-state index in [0.29, 0.717) is 26.7 Å². The number of anilines is 1. The number of thiazole rings is 1. The number of carbonyl (C=O) groups is 1. The van der Waals surface area contributed by atoms with Crippen LogP contribution in [0.4, 0.5) is 18.9 Å². The van der Waals surface area contributed by atoms with Crippen molar-refractivity contribution in [2.45, 2.75) is 19.7 Å². The van der Waals surface area contributed by atoms with E-state index in [1.54, 1.807) is 24.3 Å². The lowest BCUT2D eigenvalue weighted by molar-refractivity contribution is -0.137. The maximum absolute atomic E-state index is 12.7. The number of nitrogens with zero attached hydrogens (tertiary/aromatic N) is 1. The summed E-state index contributed by atoms with van der Waals surface area (Å²) in [5.74, 6) is 0.408. The normalized spacial score (nSPS) is 11.5. The fourth-order valence-electron chi connectivity index (χ4n) is 2.20. The second-order valence-corrected chi connectivity index (χ2v) is 6.40. The van der Waals surface area contributed by atoms with Crippen LogP contribution in [-0.4, -0.2) is 10.9 Å². The second kappa shape index (κ2) is 6.72. The quantitative estimate of drug-likeness (QED) is 0.718. The lowest BCUT2D eigenvalue weighted by atomic mass is 10.2. The summed E-state index contributed by atoms with van der Waals surface area (Å²) in [6, 6.07) is 10.3. The highest BCUT2D eigenvalue weighted by atomic mass is 32.1. The van der Waals surface area contributed by atoms with Crippen molar-refractivity contribution in [3.8, 4) is 5.75 Å². The molecular weight excluding hydrogens is 353 g/mol. The van der Waals surface area contributed by atoms with Crippen LogP contribution in [0, 0.1) is 0 Å². The molecule has 8 heteroatoms. The Balaban J connectivity index is 1.69. The van der Waals surface area contributed by atoms with Crippen LogP contribution >= 0.6 is 11.3 Å². The molecule has 130 valence electrons. The maximum atomic E-state index is 12.7. The Morgan fingerprint density at radius 3 is 2.56 bits per heavy atom. The van der Waals surface area contributed by atoms with Gasteiger partial charge in [-0.15, -0.1) is 11.3 Å². The monoisotopic (exact) mass is 366 g/mol. The molecule has 25 heavy (non-hydrogen) atoms. The van der Waals surface area contributed by atoms with Gasteiger partial charge in [-0.05, 0) is 42.5 Å². The van der Waals surface area contributed by atoms with E-state index in [0.717, 1.165) is 12.1 Å². The zero-order valence-corrected chi connectivity index (χ0v) is 13.9. The first-order chi connectivity index (χ1) is 11.8. The predicted molar refractivity (Wildman–Crippen MR) is 89.7 cm³/mol. The number of fused-ring (bicyclic) bond motifs is 1. The van der Waals surface area contributed by atoms with E-state index in [1.165, 1.54) is 24.3 Å². The largest absolute Gasteiger partial charge is 0.486 e. The van der Waals surface area contributed by atoms with E-state index in [4.69, 9.17) is 4.74 Å². The molecule has 0 radical (unpaired) electrons. The van der Waals surface area contributed by atoms with Gasteiger partial charge in [0.15, 0.2) is 0 Å². The van der Waals surface area contributed by atoms with Gasteiger partial charge in [-0.2, -0.15) is 13.2 Å². The van der Waals surface area contributed by atoms with E-state index >= 15 is 0 Å². The highest BCUT2D eigenvalue weighted by Gasteiger charge is 2.30. The first kappa shape index (κ1) is 17.2. The molecule has 3 rings (SSSR count). The van der Waals surface area contributed by atoms with Crippen molar-refractivity contribution >= 4 is 33.1 Å². The summed E-state index contributed by atoms with van der Waals surface area (Å²) in [6.07, 6.45) is -4.38. The van der Waals surface area contributed by atoms with Gasteiger partial charge in [0, 0.05) is 12.6 Å². The summed E-state index contributed by atoms with van der Waals surface area (Å²) < 4.78 is 44.5. The van der Waals surface area contributed by atoms with Gasteiger partial charge in [-0.1, -0.05) is 0 Å². The third-order valence-corrected chi connectivity index (χ3v) is 4.31. The minimum absolute atomic E-state index is 0.153. The van der Waals surface area contributed by atoms with Crippen molar-refractivity contribution in [2.75, 3.05) is 5.32 Å². The van der Waals surface area contributed by atoms with Gasteiger partial charge in [0.2, 0.25) is 5.91 Å². The lowest BCUT2D eigenvalue weighted by Gasteiger charge is -2.06. The smallest absolute Gasteiger partial charge is 0.416 e. The van der Waals surface area contributed by atoms with Gasteiger partial charge in [-0.25, -0.2) is 4.98 Å². The van der Waals surface area contributed by atoms with E-state index in [-0.39, 0.29) is 12.5 Å². The zero-order chi connectivity index (χ0) is 18.0. The number of rotatable bonds is 4. The third-order valence-electron chi connectivity index (χ3n) is 3.30. The van der Waals surface area contributed by atoms with Gasteiger partial charge in [0.25, 0.3) is 0 Å².